The lowest BCUT2D eigenvalue weighted by molar-refractivity contribution is 0.0324. The molecule has 0 saturated carbocycles. The van der Waals surface area contributed by atoms with Gasteiger partial charge in [-0.2, -0.15) is 0 Å². The van der Waals surface area contributed by atoms with Gasteiger partial charge in [0.2, 0.25) is 0 Å². The first-order valence-corrected chi connectivity index (χ1v) is 24.4. The summed E-state index contributed by atoms with van der Waals surface area (Å²) in [7, 11) is 0. The molecule has 0 spiro atoms. The molecule has 2 aromatic rings. The zero-order valence-corrected chi connectivity index (χ0v) is 43.3. The summed E-state index contributed by atoms with van der Waals surface area (Å²) in [5, 5.41) is 14.5. The molecule has 4 saturated heterocycles. The van der Waals surface area contributed by atoms with Crippen LogP contribution in [0.1, 0.15) is 194 Å². The van der Waals surface area contributed by atoms with Crippen LogP contribution in [-0.2, 0) is 18.9 Å². The number of carbonyl (C=O) groups is 5. The van der Waals surface area contributed by atoms with Crippen molar-refractivity contribution in [2.45, 2.75) is 181 Å². The number of hydrogen-bond donors (Lipinski definition) is 4. The van der Waals surface area contributed by atoms with E-state index in [4.69, 9.17) is 18.9 Å². The maximum Gasteiger partial charge on any atom is 0.339 e. The van der Waals surface area contributed by atoms with Gasteiger partial charge in [0.15, 0.2) is 5.78 Å². The Kier molecular flexibility index (Phi) is 14.5. The Hall–Kier alpha value is -4.17. The van der Waals surface area contributed by atoms with Crippen molar-refractivity contribution in [3.8, 4) is 0 Å². The molecule has 4 aliphatic rings. The monoisotopic (exact) mass is 929 g/mol. The predicted octanol–water partition coefficient (Wildman–Crippen LogP) is 8.46. The van der Waals surface area contributed by atoms with Crippen molar-refractivity contribution >= 4 is 29.7 Å². The summed E-state index contributed by atoms with van der Waals surface area (Å²) in [5.41, 5.74) is -1.81. The van der Waals surface area contributed by atoms with Gasteiger partial charge < -0.3 is 40.2 Å². The average Bonchev–Trinajstić information content (AvgIpc) is 3.77. The van der Waals surface area contributed by atoms with E-state index >= 15 is 0 Å². The number of nitrogens with one attached hydrogen (secondary N) is 4. The maximum absolute atomic E-state index is 14.5. The van der Waals surface area contributed by atoms with Crippen molar-refractivity contribution in [2.24, 2.45) is 29.6 Å². The summed E-state index contributed by atoms with van der Waals surface area (Å²) < 4.78 is 23.8. The fourth-order valence-electron chi connectivity index (χ4n) is 12.4. The van der Waals surface area contributed by atoms with Gasteiger partial charge in [-0.3, -0.25) is 4.79 Å². The number of ketones is 1. The van der Waals surface area contributed by atoms with Gasteiger partial charge >= 0.3 is 23.9 Å². The van der Waals surface area contributed by atoms with E-state index in [0.29, 0.717) is 0 Å². The Labute approximate surface area is 399 Å². The van der Waals surface area contributed by atoms with E-state index in [-0.39, 0.29) is 134 Å². The fraction of sp³-hybridized carbons (Fsp3) is 0.685. The van der Waals surface area contributed by atoms with Crippen molar-refractivity contribution in [3.63, 3.8) is 0 Å². The molecule has 2 aromatic carbocycles. The van der Waals surface area contributed by atoms with E-state index in [1.54, 1.807) is 0 Å². The molecule has 0 radical (unpaired) electrons. The van der Waals surface area contributed by atoms with Gasteiger partial charge in [0.05, 0.1) is 48.7 Å². The largest absolute Gasteiger partial charge is 0.462 e. The van der Waals surface area contributed by atoms with E-state index < -0.39 is 29.7 Å². The normalized spacial score (nSPS) is 28.1. The van der Waals surface area contributed by atoms with E-state index in [0.717, 1.165) is 25.7 Å². The molecule has 13 nitrogen and oxygen atoms in total. The topological polar surface area (TPSA) is 170 Å². The van der Waals surface area contributed by atoms with Gasteiger partial charge in [0.1, 0.15) is 0 Å². The first kappa shape index (κ1) is 52.2. The molecule has 6 atom stereocenters. The van der Waals surface area contributed by atoms with Crippen LogP contribution in [0.2, 0.25) is 0 Å². The number of esters is 4. The van der Waals surface area contributed by atoms with Crippen LogP contribution in [0.5, 0.6) is 0 Å². The fourth-order valence-corrected chi connectivity index (χ4v) is 12.4. The van der Waals surface area contributed by atoms with Crippen LogP contribution in [0.3, 0.4) is 0 Å². The summed E-state index contributed by atoms with van der Waals surface area (Å²) in [6.45, 7) is 34.0. The second-order valence-electron chi connectivity index (χ2n) is 24.5. The van der Waals surface area contributed by atoms with Crippen molar-refractivity contribution in [1.82, 2.24) is 21.3 Å². The SMILES string of the molecule is CCC1C(C)NC(C)(C)C1COC(=O)c1ccc(C(=O)c2ccc(C(=O)OCC3CC(C)(C)NC3(C)C)c(C(=O)OCC3CC(C)(C)NC3(C)C)c2)cc1C(=O)OCC1CC(C)(C)NC1(C)C. The summed E-state index contributed by atoms with van der Waals surface area (Å²) >= 11 is 0. The van der Waals surface area contributed by atoms with Gasteiger partial charge in [0, 0.05) is 79.6 Å². The maximum atomic E-state index is 14.5. The second kappa shape index (κ2) is 18.6. The van der Waals surface area contributed by atoms with E-state index in [1.807, 2.05) is 0 Å². The number of rotatable bonds is 15. The highest BCUT2D eigenvalue weighted by molar-refractivity contribution is 6.13. The minimum Gasteiger partial charge on any atom is -0.462 e. The number of ether oxygens (including phenoxy) is 4. The van der Waals surface area contributed by atoms with Crippen molar-refractivity contribution in [1.29, 1.82) is 0 Å². The third-order valence-corrected chi connectivity index (χ3v) is 15.6. The Bertz CT molecular complexity index is 2240. The Balaban J connectivity index is 1.31. The van der Waals surface area contributed by atoms with Crippen LogP contribution < -0.4 is 21.3 Å². The van der Waals surface area contributed by atoms with Crippen molar-refractivity contribution in [3.05, 3.63) is 69.8 Å². The quantitative estimate of drug-likeness (QED) is 0.0763. The van der Waals surface area contributed by atoms with E-state index in [2.05, 4.69) is 132 Å². The molecular formula is C54H80N4O9. The van der Waals surface area contributed by atoms with Crippen LogP contribution in [-0.4, -0.2) is 101 Å². The summed E-state index contributed by atoms with van der Waals surface area (Å²) in [4.78, 5) is 70.8. The lowest BCUT2D eigenvalue weighted by Gasteiger charge is -2.29. The molecule has 6 rings (SSSR count). The molecule has 0 aromatic heterocycles. The number of carbonyl (C=O) groups excluding carboxylic acids is 5. The summed E-state index contributed by atoms with van der Waals surface area (Å²) in [5.74, 6) is -3.19. The van der Waals surface area contributed by atoms with Crippen LogP contribution in [0.15, 0.2) is 36.4 Å². The van der Waals surface area contributed by atoms with Gasteiger partial charge in [-0.15, -0.1) is 0 Å². The Morgan fingerprint density at radius 2 is 0.821 bits per heavy atom. The second-order valence-corrected chi connectivity index (χ2v) is 24.5. The molecule has 6 unspecified atom stereocenters. The third kappa shape index (κ3) is 11.7. The zero-order valence-electron chi connectivity index (χ0n) is 43.3. The zero-order chi connectivity index (χ0) is 49.9. The molecule has 4 N–H and O–H groups in total. The standard InChI is InChI=1S/C54H80N4O9/c1-17-37-31(2)55-54(15,16)42(37)30-67-45(61)39-21-19-33(23-41(39)47(63)66-29-36-26-50(7,8)58-53(36,13)14)43(59)32-18-20-38(44(60)64-27-34-24-48(3,4)56-51(34,9)10)40(22-32)46(62)65-28-35-25-49(5,6)57-52(35,11)12/h18-23,31,34-37,42,55-58H,17,24-30H2,1-16H3. The molecule has 4 fully saturated rings. The third-order valence-electron chi connectivity index (χ3n) is 15.6. The Morgan fingerprint density at radius 3 is 1.13 bits per heavy atom. The lowest BCUT2D eigenvalue weighted by atomic mass is 9.80. The van der Waals surface area contributed by atoms with E-state index in [1.165, 1.54) is 36.4 Å². The van der Waals surface area contributed by atoms with Gasteiger partial charge in [-0.25, -0.2) is 19.2 Å². The first-order valence-electron chi connectivity index (χ1n) is 24.4. The average molecular weight is 929 g/mol. The molecule has 0 amide bonds. The molecular weight excluding hydrogens is 849 g/mol. The van der Waals surface area contributed by atoms with Crippen molar-refractivity contribution < 1.29 is 42.9 Å². The van der Waals surface area contributed by atoms with E-state index in [9.17, 15) is 24.0 Å². The number of hydrogen-bond acceptors (Lipinski definition) is 13. The van der Waals surface area contributed by atoms with Crippen LogP contribution in [0.25, 0.3) is 0 Å². The predicted molar refractivity (Wildman–Crippen MR) is 260 cm³/mol. The van der Waals surface area contributed by atoms with Gasteiger partial charge in [-0.05, 0) is 153 Å². The molecule has 67 heavy (non-hydrogen) atoms. The summed E-state index contributed by atoms with van der Waals surface area (Å²) in [6.07, 6.45) is 3.21. The minimum absolute atomic E-state index is 0.0148. The number of benzene rings is 2. The molecule has 4 aliphatic heterocycles. The first-order chi connectivity index (χ1) is 30.8. The molecule has 13 heteroatoms. The highest BCUT2D eigenvalue weighted by atomic mass is 16.5. The highest BCUT2D eigenvalue weighted by Crippen LogP contribution is 2.40. The molecule has 370 valence electrons. The van der Waals surface area contributed by atoms with Gasteiger partial charge in [0.25, 0.3) is 0 Å². The van der Waals surface area contributed by atoms with Crippen LogP contribution in [0.4, 0.5) is 0 Å². The van der Waals surface area contributed by atoms with Crippen LogP contribution >= 0.6 is 0 Å². The molecule has 0 bridgehead atoms. The molecule has 0 aliphatic carbocycles. The van der Waals surface area contributed by atoms with Gasteiger partial charge in [-0.1, -0.05) is 25.5 Å². The van der Waals surface area contributed by atoms with Crippen molar-refractivity contribution in [2.75, 3.05) is 26.4 Å². The smallest absolute Gasteiger partial charge is 0.339 e. The highest BCUT2D eigenvalue weighted by Gasteiger charge is 2.48. The summed E-state index contributed by atoms with van der Waals surface area (Å²) in [6, 6.07) is 8.72. The molecule has 4 heterocycles. The minimum atomic E-state index is -0.763. The van der Waals surface area contributed by atoms with Crippen LogP contribution in [0, 0.1) is 29.6 Å². The Morgan fingerprint density at radius 1 is 0.493 bits per heavy atom. The lowest BCUT2D eigenvalue weighted by Crippen LogP contribution is -2.46.